The molecule has 2 heterocycles. The van der Waals surface area contributed by atoms with Gasteiger partial charge in [-0.15, -0.1) is 0 Å². The number of hydrogen-bond donors (Lipinski definition) is 3. The van der Waals surface area contributed by atoms with Crippen LogP contribution >= 0.6 is 0 Å². The summed E-state index contributed by atoms with van der Waals surface area (Å²) in [6.45, 7) is 0.490. The van der Waals surface area contributed by atoms with Crippen molar-refractivity contribution in [1.82, 2.24) is 15.3 Å². The summed E-state index contributed by atoms with van der Waals surface area (Å²) >= 11 is 0. The molecule has 1 aliphatic heterocycles. The first-order valence-corrected chi connectivity index (χ1v) is 7.01. The predicted molar refractivity (Wildman–Crippen MR) is 74.8 cm³/mol. The molecule has 0 aliphatic carbocycles. The first kappa shape index (κ1) is 14.9. The Bertz CT molecular complexity index is 656. The number of aromatic nitrogens is 2. The lowest BCUT2D eigenvalue weighted by molar-refractivity contribution is -0.136. The molecule has 2 aromatic rings. The Morgan fingerprint density at radius 3 is 2.91 bits per heavy atom. The van der Waals surface area contributed by atoms with Crippen molar-refractivity contribution in [3.05, 3.63) is 29.6 Å². The monoisotopic (exact) mass is 310 g/mol. The number of benzene rings is 1. The van der Waals surface area contributed by atoms with E-state index in [4.69, 9.17) is 10.5 Å². The minimum absolute atomic E-state index is 0.0239. The van der Waals surface area contributed by atoms with E-state index in [0.29, 0.717) is 29.9 Å². The molecule has 8 heteroatoms. The summed E-state index contributed by atoms with van der Waals surface area (Å²) in [6.07, 6.45) is 0.796. The molecule has 6 nitrogen and oxygen atoms in total. The van der Waals surface area contributed by atoms with E-state index in [0.717, 1.165) is 18.6 Å². The Hall–Kier alpha value is -2.06. The smallest absolute Gasteiger partial charge is 0.249 e. The van der Waals surface area contributed by atoms with Gasteiger partial charge in [0.2, 0.25) is 5.91 Å². The van der Waals surface area contributed by atoms with Crippen molar-refractivity contribution >= 4 is 16.9 Å². The summed E-state index contributed by atoms with van der Waals surface area (Å²) in [5, 5.41) is 2.69. The number of nitrogens with zero attached hydrogens (tertiary/aromatic N) is 1. The molecule has 22 heavy (non-hydrogen) atoms. The maximum atomic E-state index is 13.1. The second kappa shape index (κ2) is 5.98. The van der Waals surface area contributed by atoms with Gasteiger partial charge < -0.3 is 20.8 Å². The van der Waals surface area contributed by atoms with Gasteiger partial charge in [-0.25, -0.2) is 13.8 Å². The SMILES string of the molecule is N[C@@H]1CC[C@@H](C(=O)NCc2nc3cc(F)c(F)cc3[nH]2)OC1. The second-order valence-electron chi connectivity index (χ2n) is 5.34. The molecule has 1 aliphatic rings. The molecule has 1 aromatic heterocycles. The molecule has 2 atom stereocenters. The molecular formula is C14H16F2N4O2. The Kier molecular flexibility index (Phi) is 4.04. The number of amides is 1. The van der Waals surface area contributed by atoms with Gasteiger partial charge in [0, 0.05) is 18.2 Å². The van der Waals surface area contributed by atoms with Crippen LogP contribution in [-0.4, -0.2) is 34.6 Å². The summed E-state index contributed by atoms with van der Waals surface area (Å²) in [5.74, 6) is -1.73. The minimum atomic E-state index is -0.957. The van der Waals surface area contributed by atoms with Gasteiger partial charge >= 0.3 is 0 Å². The number of hydrogen-bond acceptors (Lipinski definition) is 4. The van der Waals surface area contributed by atoms with Crippen molar-refractivity contribution in [2.24, 2.45) is 5.73 Å². The Balaban J connectivity index is 1.62. The Labute approximate surface area is 125 Å². The van der Waals surface area contributed by atoms with Crippen LogP contribution in [0.15, 0.2) is 12.1 Å². The molecule has 0 spiro atoms. The lowest BCUT2D eigenvalue weighted by atomic mass is 10.1. The maximum absolute atomic E-state index is 13.1. The molecular weight excluding hydrogens is 294 g/mol. The summed E-state index contributed by atoms with van der Waals surface area (Å²) in [4.78, 5) is 18.9. The van der Waals surface area contributed by atoms with E-state index >= 15 is 0 Å². The summed E-state index contributed by atoms with van der Waals surface area (Å²) in [6, 6.07) is 2.02. The van der Waals surface area contributed by atoms with Crippen LogP contribution in [0.2, 0.25) is 0 Å². The molecule has 0 saturated carbocycles. The van der Waals surface area contributed by atoms with Crippen LogP contribution in [0, 0.1) is 11.6 Å². The van der Waals surface area contributed by atoms with Gasteiger partial charge in [-0.3, -0.25) is 4.79 Å². The zero-order chi connectivity index (χ0) is 15.7. The van der Waals surface area contributed by atoms with Gasteiger partial charge in [-0.2, -0.15) is 0 Å². The topological polar surface area (TPSA) is 93.0 Å². The number of imidazole rings is 1. The standard InChI is InChI=1S/C14H16F2N4O2/c15-8-3-10-11(4-9(8)16)20-13(19-10)5-18-14(21)12-2-1-7(17)6-22-12/h3-4,7,12H,1-2,5-6,17H2,(H,18,21)(H,19,20)/t7-,12+/m1/s1. The van der Waals surface area contributed by atoms with Crippen molar-refractivity contribution in [1.29, 1.82) is 0 Å². The van der Waals surface area contributed by atoms with E-state index in [1.54, 1.807) is 0 Å². The quantitative estimate of drug-likeness (QED) is 0.787. The highest BCUT2D eigenvalue weighted by Gasteiger charge is 2.25. The fourth-order valence-electron chi connectivity index (χ4n) is 2.40. The van der Waals surface area contributed by atoms with E-state index in [1.165, 1.54) is 0 Å². The third-order valence-electron chi connectivity index (χ3n) is 3.61. The number of nitrogens with one attached hydrogen (secondary N) is 2. The molecule has 0 unspecified atom stereocenters. The number of H-pyrrole nitrogens is 1. The number of ether oxygens (including phenoxy) is 1. The number of rotatable bonds is 3. The van der Waals surface area contributed by atoms with E-state index in [2.05, 4.69) is 15.3 Å². The lowest BCUT2D eigenvalue weighted by Gasteiger charge is -2.25. The van der Waals surface area contributed by atoms with Gasteiger partial charge in [0.1, 0.15) is 11.9 Å². The summed E-state index contributed by atoms with van der Waals surface area (Å²) < 4.78 is 31.6. The highest BCUT2D eigenvalue weighted by Crippen LogP contribution is 2.16. The van der Waals surface area contributed by atoms with Crippen LogP contribution in [0.1, 0.15) is 18.7 Å². The molecule has 118 valence electrons. The van der Waals surface area contributed by atoms with E-state index in [1.807, 2.05) is 0 Å². The van der Waals surface area contributed by atoms with Crippen molar-refractivity contribution in [2.75, 3.05) is 6.61 Å². The molecule has 1 aromatic carbocycles. The minimum Gasteiger partial charge on any atom is -0.367 e. The van der Waals surface area contributed by atoms with Crippen LogP contribution in [0.5, 0.6) is 0 Å². The van der Waals surface area contributed by atoms with E-state index < -0.39 is 17.7 Å². The van der Waals surface area contributed by atoms with Crippen LogP contribution in [-0.2, 0) is 16.1 Å². The number of halogens is 2. The second-order valence-corrected chi connectivity index (χ2v) is 5.34. The normalized spacial score (nSPS) is 22.0. The summed E-state index contributed by atoms with van der Waals surface area (Å²) in [5.41, 5.74) is 6.38. The Morgan fingerprint density at radius 1 is 1.41 bits per heavy atom. The van der Waals surface area contributed by atoms with Crippen LogP contribution < -0.4 is 11.1 Å². The van der Waals surface area contributed by atoms with Crippen molar-refractivity contribution in [3.8, 4) is 0 Å². The number of aromatic amines is 1. The molecule has 3 rings (SSSR count). The zero-order valence-corrected chi connectivity index (χ0v) is 11.7. The summed E-state index contributed by atoms with van der Waals surface area (Å²) in [7, 11) is 0. The predicted octanol–water partition coefficient (Wildman–Crippen LogP) is 0.964. The molecule has 0 radical (unpaired) electrons. The van der Waals surface area contributed by atoms with Crippen molar-refractivity contribution in [2.45, 2.75) is 31.5 Å². The number of nitrogens with two attached hydrogens (primary N) is 1. The number of fused-ring (bicyclic) bond motifs is 1. The average Bonchev–Trinajstić information content (AvgIpc) is 2.88. The highest BCUT2D eigenvalue weighted by atomic mass is 19.2. The molecule has 0 bridgehead atoms. The van der Waals surface area contributed by atoms with Crippen LogP contribution in [0.25, 0.3) is 11.0 Å². The third-order valence-corrected chi connectivity index (χ3v) is 3.61. The van der Waals surface area contributed by atoms with Gasteiger partial charge in [0.15, 0.2) is 11.6 Å². The van der Waals surface area contributed by atoms with Gasteiger partial charge in [-0.1, -0.05) is 0 Å². The third kappa shape index (κ3) is 3.07. The van der Waals surface area contributed by atoms with E-state index in [9.17, 15) is 13.6 Å². The first-order valence-electron chi connectivity index (χ1n) is 7.01. The fraction of sp³-hybridized carbons (Fsp3) is 0.429. The zero-order valence-electron chi connectivity index (χ0n) is 11.7. The Morgan fingerprint density at radius 2 is 2.18 bits per heavy atom. The molecule has 1 fully saturated rings. The van der Waals surface area contributed by atoms with Crippen LogP contribution in [0.4, 0.5) is 8.78 Å². The number of carbonyl (C=O) groups excluding carboxylic acids is 1. The van der Waals surface area contributed by atoms with Crippen molar-refractivity contribution in [3.63, 3.8) is 0 Å². The van der Waals surface area contributed by atoms with Gasteiger partial charge in [-0.05, 0) is 12.8 Å². The van der Waals surface area contributed by atoms with Crippen molar-refractivity contribution < 1.29 is 18.3 Å². The maximum Gasteiger partial charge on any atom is 0.249 e. The molecule has 4 N–H and O–H groups in total. The van der Waals surface area contributed by atoms with Gasteiger partial charge in [0.05, 0.1) is 24.2 Å². The average molecular weight is 310 g/mol. The molecule has 1 saturated heterocycles. The largest absolute Gasteiger partial charge is 0.367 e. The van der Waals surface area contributed by atoms with Crippen LogP contribution in [0.3, 0.4) is 0 Å². The number of carbonyl (C=O) groups is 1. The highest BCUT2D eigenvalue weighted by molar-refractivity contribution is 5.81. The van der Waals surface area contributed by atoms with Gasteiger partial charge in [0.25, 0.3) is 0 Å². The lowest BCUT2D eigenvalue weighted by Crippen LogP contribution is -2.43. The fourth-order valence-corrected chi connectivity index (χ4v) is 2.40. The first-order chi connectivity index (χ1) is 10.5. The molecule has 1 amide bonds. The van der Waals surface area contributed by atoms with E-state index in [-0.39, 0.29) is 18.5 Å².